The lowest BCUT2D eigenvalue weighted by Crippen LogP contribution is -1.97. The molecule has 0 aliphatic rings. The lowest BCUT2D eigenvalue weighted by atomic mass is 9.94. The van der Waals surface area contributed by atoms with Crippen LogP contribution in [0.2, 0.25) is 0 Å². The zero-order valence-corrected chi connectivity index (χ0v) is 9.14. The maximum absolute atomic E-state index is 3.80. The molecular formula is C14H18. The third-order valence-electron chi connectivity index (χ3n) is 2.68. The summed E-state index contributed by atoms with van der Waals surface area (Å²) in [6.07, 6.45) is 5.83. The molecular weight excluding hydrogens is 168 g/mol. The first-order valence-corrected chi connectivity index (χ1v) is 5.00. The Bertz CT molecular complexity index is 345. The minimum absolute atomic E-state index is 0.949. The fourth-order valence-corrected chi connectivity index (χ4v) is 1.71. The van der Waals surface area contributed by atoms with Gasteiger partial charge in [-0.15, -0.1) is 13.2 Å². The Kier molecular flexibility index (Phi) is 3.70. The number of aryl methyl sites for hydroxylation is 1. The van der Waals surface area contributed by atoms with E-state index in [1.807, 2.05) is 12.2 Å². The van der Waals surface area contributed by atoms with Gasteiger partial charge in [0.15, 0.2) is 0 Å². The van der Waals surface area contributed by atoms with Crippen LogP contribution in [0.15, 0.2) is 37.4 Å². The van der Waals surface area contributed by atoms with E-state index in [1.165, 1.54) is 22.3 Å². The van der Waals surface area contributed by atoms with E-state index in [9.17, 15) is 0 Å². The molecule has 0 spiro atoms. The van der Waals surface area contributed by atoms with Crippen molar-refractivity contribution >= 4 is 0 Å². The van der Waals surface area contributed by atoms with Gasteiger partial charge in [-0.05, 0) is 48.9 Å². The Labute approximate surface area is 87.0 Å². The van der Waals surface area contributed by atoms with Crippen LogP contribution in [0.3, 0.4) is 0 Å². The lowest BCUT2D eigenvalue weighted by molar-refractivity contribution is 1.10. The monoisotopic (exact) mass is 186 g/mol. The largest absolute Gasteiger partial charge is 0.103 e. The third kappa shape index (κ3) is 2.14. The Morgan fingerprint density at radius 3 is 2.29 bits per heavy atom. The molecule has 0 unspecified atom stereocenters. The van der Waals surface area contributed by atoms with Crippen molar-refractivity contribution in [2.45, 2.75) is 26.7 Å². The molecule has 0 radical (unpaired) electrons. The smallest absolute Gasteiger partial charge is 0.00946 e. The van der Waals surface area contributed by atoms with Crippen LogP contribution in [0.1, 0.15) is 22.3 Å². The number of hydrogen-bond acceptors (Lipinski definition) is 0. The molecule has 0 N–H and O–H groups in total. The summed E-state index contributed by atoms with van der Waals surface area (Å²) in [5.74, 6) is 0. The highest BCUT2D eigenvalue weighted by molar-refractivity contribution is 5.41. The number of benzene rings is 1. The molecule has 0 aromatic heterocycles. The average molecular weight is 186 g/mol. The molecule has 0 saturated heterocycles. The minimum Gasteiger partial charge on any atom is -0.103 e. The molecule has 1 aromatic rings. The predicted octanol–water partition coefficient (Wildman–Crippen LogP) is 3.76. The summed E-state index contributed by atoms with van der Waals surface area (Å²) in [7, 11) is 0. The molecule has 1 rings (SSSR count). The van der Waals surface area contributed by atoms with Gasteiger partial charge in [-0.2, -0.15) is 0 Å². The van der Waals surface area contributed by atoms with Gasteiger partial charge >= 0.3 is 0 Å². The molecule has 0 atom stereocenters. The molecule has 0 aliphatic heterocycles. The van der Waals surface area contributed by atoms with Crippen LogP contribution in [0.25, 0.3) is 0 Å². The summed E-state index contributed by atoms with van der Waals surface area (Å²) in [5, 5.41) is 0. The van der Waals surface area contributed by atoms with E-state index in [0.29, 0.717) is 0 Å². The van der Waals surface area contributed by atoms with Crippen LogP contribution in [0.5, 0.6) is 0 Å². The van der Waals surface area contributed by atoms with Crippen LogP contribution in [-0.4, -0.2) is 0 Å². The van der Waals surface area contributed by atoms with Gasteiger partial charge in [-0.1, -0.05) is 24.3 Å². The molecule has 0 amide bonds. The maximum atomic E-state index is 3.80. The van der Waals surface area contributed by atoms with E-state index in [2.05, 4.69) is 39.1 Å². The Hall–Kier alpha value is -1.30. The summed E-state index contributed by atoms with van der Waals surface area (Å²) in [6.45, 7) is 11.9. The second-order valence-electron chi connectivity index (χ2n) is 3.63. The van der Waals surface area contributed by atoms with Gasteiger partial charge in [0, 0.05) is 0 Å². The Morgan fingerprint density at radius 1 is 1.07 bits per heavy atom. The van der Waals surface area contributed by atoms with Crippen LogP contribution in [-0.2, 0) is 12.8 Å². The van der Waals surface area contributed by atoms with Crippen molar-refractivity contribution in [1.29, 1.82) is 0 Å². The zero-order valence-electron chi connectivity index (χ0n) is 9.14. The van der Waals surface area contributed by atoms with E-state index in [1.54, 1.807) is 0 Å². The van der Waals surface area contributed by atoms with E-state index in [4.69, 9.17) is 0 Å². The first kappa shape index (κ1) is 10.8. The molecule has 0 saturated carbocycles. The predicted molar refractivity (Wildman–Crippen MR) is 63.7 cm³/mol. The molecule has 1 aromatic carbocycles. The van der Waals surface area contributed by atoms with E-state index in [0.717, 1.165) is 12.8 Å². The second-order valence-corrected chi connectivity index (χ2v) is 3.63. The summed E-state index contributed by atoms with van der Waals surface area (Å²) in [4.78, 5) is 0. The van der Waals surface area contributed by atoms with Gasteiger partial charge in [0.2, 0.25) is 0 Å². The Balaban J connectivity index is 3.21. The zero-order chi connectivity index (χ0) is 10.6. The molecule has 0 heterocycles. The van der Waals surface area contributed by atoms with E-state index in [-0.39, 0.29) is 0 Å². The average Bonchev–Trinajstić information content (AvgIpc) is 2.18. The van der Waals surface area contributed by atoms with Gasteiger partial charge in [-0.3, -0.25) is 0 Å². The third-order valence-corrected chi connectivity index (χ3v) is 2.68. The summed E-state index contributed by atoms with van der Waals surface area (Å²) in [6, 6.07) is 4.38. The normalized spacial score (nSPS) is 9.86. The van der Waals surface area contributed by atoms with Gasteiger partial charge in [0.05, 0.1) is 0 Å². The van der Waals surface area contributed by atoms with Crippen molar-refractivity contribution in [1.82, 2.24) is 0 Å². The maximum Gasteiger partial charge on any atom is -0.00946 e. The van der Waals surface area contributed by atoms with Gasteiger partial charge in [-0.25, -0.2) is 0 Å². The molecule has 0 bridgehead atoms. The van der Waals surface area contributed by atoms with Crippen LogP contribution in [0, 0.1) is 13.8 Å². The van der Waals surface area contributed by atoms with Crippen molar-refractivity contribution in [3.8, 4) is 0 Å². The van der Waals surface area contributed by atoms with Crippen molar-refractivity contribution < 1.29 is 0 Å². The summed E-state index contributed by atoms with van der Waals surface area (Å²) in [5.41, 5.74) is 5.54. The highest BCUT2D eigenvalue weighted by Gasteiger charge is 2.04. The van der Waals surface area contributed by atoms with E-state index >= 15 is 0 Å². The highest BCUT2D eigenvalue weighted by atomic mass is 14.1. The summed E-state index contributed by atoms with van der Waals surface area (Å²) >= 11 is 0. The van der Waals surface area contributed by atoms with Crippen molar-refractivity contribution in [3.05, 3.63) is 59.7 Å². The number of allylic oxidation sites excluding steroid dienone is 2. The molecule has 0 fully saturated rings. The fourth-order valence-electron chi connectivity index (χ4n) is 1.71. The molecule has 74 valence electrons. The Morgan fingerprint density at radius 2 is 1.71 bits per heavy atom. The second kappa shape index (κ2) is 4.80. The number of hydrogen-bond donors (Lipinski definition) is 0. The van der Waals surface area contributed by atoms with Crippen LogP contribution in [0.4, 0.5) is 0 Å². The quantitative estimate of drug-likeness (QED) is 0.628. The van der Waals surface area contributed by atoms with Crippen molar-refractivity contribution in [3.63, 3.8) is 0 Å². The van der Waals surface area contributed by atoms with E-state index < -0.39 is 0 Å². The molecule has 0 aliphatic carbocycles. The SMILES string of the molecule is C=CCc1ccc(C)c(C)c1CC=C. The topological polar surface area (TPSA) is 0 Å². The first-order chi connectivity index (χ1) is 6.70. The van der Waals surface area contributed by atoms with Crippen molar-refractivity contribution in [2.75, 3.05) is 0 Å². The number of rotatable bonds is 4. The molecule has 14 heavy (non-hydrogen) atoms. The standard InChI is InChI=1S/C14H18/c1-5-7-13-10-9-11(3)12(4)14(13)8-6-2/h5-6,9-10H,1-2,7-8H2,3-4H3. The van der Waals surface area contributed by atoms with Gasteiger partial charge in [0.25, 0.3) is 0 Å². The highest BCUT2D eigenvalue weighted by Crippen LogP contribution is 2.19. The molecule has 0 nitrogen and oxygen atoms in total. The molecule has 0 heteroatoms. The lowest BCUT2D eigenvalue weighted by Gasteiger charge is -2.12. The van der Waals surface area contributed by atoms with Crippen LogP contribution < -0.4 is 0 Å². The first-order valence-electron chi connectivity index (χ1n) is 5.00. The van der Waals surface area contributed by atoms with Crippen molar-refractivity contribution in [2.24, 2.45) is 0 Å². The fraction of sp³-hybridized carbons (Fsp3) is 0.286. The minimum atomic E-state index is 0.949. The van der Waals surface area contributed by atoms with Gasteiger partial charge < -0.3 is 0 Å². The summed E-state index contributed by atoms with van der Waals surface area (Å²) < 4.78 is 0. The van der Waals surface area contributed by atoms with Crippen LogP contribution >= 0.6 is 0 Å². The van der Waals surface area contributed by atoms with Gasteiger partial charge in [0.1, 0.15) is 0 Å².